The molecule has 0 bridgehead atoms. The Morgan fingerprint density at radius 2 is 0.966 bits per heavy atom. The number of rotatable bonds is 3. The molecular formula is C18H22BClN6O2W. The van der Waals surface area contributed by atoms with Crippen molar-refractivity contribution in [2.45, 2.75) is 41.5 Å². The van der Waals surface area contributed by atoms with Gasteiger partial charge in [-0.15, -0.1) is 0 Å². The number of aryl methyl sites for hydroxylation is 6. The van der Waals surface area contributed by atoms with Crippen molar-refractivity contribution in [1.29, 1.82) is 0 Å². The number of aromatic nitrogens is 6. The molecule has 0 aliphatic rings. The van der Waals surface area contributed by atoms with Gasteiger partial charge in [0.1, 0.15) is 0 Å². The Balaban J connectivity index is 0.00000100. The molecule has 0 unspecified atom stereocenters. The summed E-state index contributed by atoms with van der Waals surface area (Å²) in [5.74, 6) is 0. The molecule has 3 aromatic heterocycles. The molecule has 29 heavy (non-hydrogen) atoms. The van der Waals surface area contributed by atoms with Gasteiger partial charge in [-0.1, -0.05) is 0 Å². The first-order chi connectivity index (χ1) is 13.8. The average Bonchev–Trinajstić information content (AvgIpc) is 3.30. The number of nitrogens with zero attached hydrogens (tertiary/aromatic N) is 6. The molecule has 0 atom stereocenters. The fraction of sp³-hybridized carbons (Fsp3) is 0.333. The van der Waals surface area contributed by atoms with Gasteiger partial charge in [0.2, 0.25) is 0 Å². The zero-order valence-corrected chi connectivity index (χ0v) is 20.9. The van der Waals surface area contributed by atoms with Crippen molar-refractivity contribution >= 4 is 18.7 Å². The van der Waals surface area contributed by atoms with Gasteiger partial charge in [-0.05, 0) is 76.8 Å². The summed E-state index contributed by atoms with van der Waals surface area (Å²) in [6.45, 7) is 21.3. The first-order valence-corrected chi connectivity index (χ1v) is 10.3. The van der Waals surface area contributed by atoms with E-state index >= 15 is 0 Å². The van der Waals surface area contributed by atoms with Crippen molar-refractivity contribution in [3.63, 3.8) is 0 Å². The van der Waals surface area contributed by atoms with E-state index in [1.54, 1.807) is 0 Å². The van der Waals surface area contributed by atoms with E-state index < -0.39 is 7.12 Å². The average molecular weight is 585 g/mol. The molecule has 11 heteroatoms. The number of halogens is 1. The molecule has 3 rings (SSSR count). The Bertz CT molecular complexity index is 899. The van der Waals surface area contributed by atoms with Gasteiger partial charge in [0, 0.05) is 0 Å². The first-order valence-electron chi connectivity index (χ1n) is 8.42. The zero-order valence-electron chi connectivity index (χ0n) is 17.2. The van der Waals surface area contributed by atoms with Crippen molar-refractivity contribution in [1.82, 2.24) is 29.1 Å². The fourth-order valence-electron chi connectivity index (χ4n) is 3.26. The molecule has 0 saturated heterocycles. The molecule has 0 aliphatic heterocycles. The summed E-state index contributed by atoms with van der Waals surface area (Å²) < 4.78 is 23.5. The van der Waals surface area contributed by atoms with Crippen LogP contribution in [0, 0.1) is 58.5 Å². The van der Waals surface area contributed by atoms with Crippen LogP contribution >= 0.6 is 11.6 Å². The summed E-state index contributed by atoms with van der Waals surface area (Å²) >= 11 is 5.97. The van der Waals surface area contributed by atoms with Crippen LogP contribution in [0.25, 0.3) is 0 Å². The molecular weight excluding hydrogens is 562 g/mol. The van der Waals surface area contributed by atoms with Crippen molar-refractivity contribution in [3.8, 4) is 3.66 Å². The summed E-state index contributed by atoms with van der Waals surface area (Å²) in [5, 5.41) is 14.1. The third-order valence-corrected chi connectivity index (χ3v) is 4.11. The summed E-state index contributed by atoms with van der Waals surface area (Å²) in [6, 6.07) is 6.28. The standard InChI is InChI=1S/C15H22BN6.CCl.2CO.W/c1-10-7-13(4)20(17-10)16(21-14(5)8-11(2)18-21)22-15(6)9-12(3)19-22;3*1-2;/h7-9,16H,1-6H3;;;;/q-1;;;;+1. The van der Waals surface area contributed by atoms with E-state index in [9.17, 15) is 0 Å². The van der Waals surface area contributed by atoms with Gasteiger partial charge in [0.25, 0.3) is 0 Å². The molecule has 0 N–H and O–H groups in total. The second-order valence-corrected chi connectivity index (χ2v) is 8.10. The van der Waals surface area contributed by atoms with E-state index in [-0.39, 0.29) is 0 Å². The number of hydrogen-bond donors (Lipinski definition) is 0. The van der Waals surface area contributed by atoms with Gasteiger partial charge in [0.15, 0.2) is 0 Å². The van der Waals surface area contributed by atoms with Gasteiger partial charge in [-0.2, -0.15) is 0 Å². The van der Waals surface area contributed by atoms with E-state index in [0.29, 0.717) is 0 Å². The predicted molar refractivity (Wildman–Crippen MR) is 106 cm³/mol. The van der Waals surface area contributed by atoms with Crippen molar-refractivity contribution < 1.29 is 28.5 Å². The zero-order chi connectivity index (χ0) is 22.7. The van der Waals surface area contributed by atoms with E-state index in [2.05, 4.69) is 69.7 Å². The third-order valence-electron chi connectivity index (χ3n) is 4.11. The van der Waals surface area contributed by atoms with Crippen molar-refractivity contribution in [2.24, 2.45) is 0 Å². The summed E-state index contributed by atoms with van der Waals surface area (Å²) in [5.41, 5.74) is 6.40. The third kappa shape index (κ3) is 7.04. The Hall–Kier alpha value is -2.07. The van der Waals surface area contributed by atoms with Gasteiger partial charge in [0.05, 0.1) is 17.1 Å². The summed E-state index contributed by atoms with van der Waals surface area (Å²) in [4.78, 5) is 0. The summed E-state index contributed by atoms with van der Waals surface area (Å²) in [6.07, 6.45) is 0. The molecule has 0 aliphatic carbocycles. The van der Waals surface area contributed by atoms with Crippen LogP contribution in [0.3, 0.4) is 0 Å². The Kier molecular flexibility index (Phi) is 12.3. The van der Waals surface area contributed by atoms with Gasteiger partial charge in [-0.3, -0.25) is 0 Å². The predicted octanol–water partition coefficient (Wildman–Crippen LogP) is 2.40. The van der Waals surface area contributed by atoms with E-state index in [1.165, 1.54) is 19.2 Å². The molecule has 0 saturated carbocycles. The maximum atomic E-state index is 7.50. The monoisotopic (exact) mass is 584 g/mol. The molecule has 0 spiro atoms. The van der Waals surface area contributed by atoms with Gasteiger partial charge < -0.3 is 13.8 Å². The second kappa shape index (κ2) is 13.2. The normalized spacial score (nSPS) is 9.21. The van der Waals surface area contributed by atoms with Crippen LogP contribution in [0.1, 0.15) is 34.2 Å². The van der Waals surface area contributed by atoms with Crippen LogP contribution in [0.4, 0.5) is 0 Å². The van der Waals surface area contributed by atoms with E-state index in [0.717, 1.165) is 34.2 Å². The Morgan fingerprint density at radius 3 is 1.10 bits per heavy atom. The van der Waals surface area contributed by atoms with E-state index in [4.69, 9.17) is 36.2 Å². The van der Waals surface area contributed by atoms with Crippen LogP contribution in [0.5, 0.6) is 0 Å². The molecule has 8 nitrogen and oxygen atoms in total. The molecule has 0 amide bonds. The first kappa shape index (κ1) is 26.9. The van der Waals surface area contributed by atoms with Crippen LogP contribution in [0.2, 0.25) is 0 Å². The molecule has 0 radical (unpaired) electrons. The van der Waals surface area contributed by atoms with Crippen molar-refractivity contribution in [2.75, 3.05) is 0 Å². The fourth-order valence-corrected chi connectivity index (χ4v) is 3.26. The van der Waals surface area contributed by atoms with Crippen molar-refractivity contribution in [3.05, 3.63) is 65.7 Å². The maximum absolute atomic E-state index is 7.50. The molecule has 0 aromatic carbocycles. The summed E-state index contributed by atoms with van der Waals surface area (Å²) in [7, 11) is -1.26. The minimum atomic E-state index is -1.26. The molecule has 3 aromatic rings. The number of hydrogen-bond acceptors (Lipinski definition) is 3. The van der Waals surface area contributed by atoms with E-state index in [1.807, 2.05) is 20.8 Å². The minimum absolute atomic E-state index is 1.01. The van der Waals surface area contributed by atoms with Crippen LogP contribution in [0.15, 0.2) is 18.2 Å². The SMILES string of the molecule is Cc1cc(C)n([BH-](n2nc(C)cc2C)n2nc(C)cc2C)n1.Cl[C]#[W+].[C-]#[O+].[C-]#[O+]. The topological polar surface area (TPSA) is 93.3 Å². The van der Waals surface area contributed by atoms with Crippen LogP contribution < -0.4 is 0 Å². The quantitative estimate of drug-likeness (QED) is 0.269. The Morgan fingerprint density at radius 1 is 0.759 bits per heavy atom. The molecule has 0 fully saturated rings. The van der Waals surface area contributed by atoms with Crippen LogP contribution in [-0.4, -0.2) is 36.2 Å². The van der Waals surface area contributed by atoms with Gasteiger partial charge in [-0.25, -0.2) is 15.3 Å². The van der Waals surface area contributed by atoms with Gasteiger partial charge >= 0.3 is 64.1 Å². The molecule has 152 valence electrons. The molecule has 3 heterocycles. The second-order valence-electron chi connectivity index (χ2n) is 6.28. The Labute approximate surface area is 186 Å². The van der Waals surface area contributed by atoms with Crippen LogP contribution in [-0.2, 0) is 28.5 Å².